The van der Waals surface area contributed by atoms with Crippen LogP contribution in [-0.2, 0) is 13.0 Å². The normalized spacial score (nSPS) is 15.5. The summed E-state index contributed by atoms with van der Waals surface area (Å²) in [6.45, 7) is 4.75. The van der Waals surface area contributed by atoms with Gasteiger partial charge in [-0.25, -0.2) is 15.0 Å². The molecular weight excluding hydrogens is 412 g/mol. The Bertz CT molecular complexity index is 1230. The van der Waals surface area contributed by atoms with E-state index in [0.29, 0.717) is 18.4 Å². The second-order valence-electron chi connectivity index (χ2n) is 9.03. The van der Waals surface area contributed by atoms with Crippen LogP contribution in [0.2, 0.25) is 0 Å². The first-order chi connectivity index (χ1) is 16.1. The van der Waals surface area contributed by atoms with Gasteiger partial charge in [-0.1, -0.05) is 13.3 Å². The van der Waals surface area contributed by atoms with Crippen LogP contribution >= 0.6 is 0 Å². The number of aromatic nitrogens is 6. The molecule has 0 radical (unpaired) electrons. The molecular formula is C25H32N8. The van der Waals surface area contributed by atoms with Crippen LogP contribution in [0.25, 0.3) is 33.4 Å². The summed E-state index contributed by atoms with van der Waals surface area (Å²) in [4.78, 5) is 19.7. The number of pyridine rings is 1. The lowest BCUT2D eigenvalue weighted by Gasteiger charge is -2.28. The number of likely N-dealkylation sites (tertiary alicyclic amines) is 1. The van der Waals surface area contributed by atoms with Crippen molar-refractivity contribution in [2.24, 2.45) is 5.73 Å². The van der Waals surface area contributed by atoms with Crippen LogP contribution in [0.1, 0.15) is 50.2 Å². The maximum absolute atomic E-state index is 5.90. The Morgan fingerprint density at radius 1 is 1.12 bits per heavy atom. The quantitative estimate of drug-likeness (QED) is 0.447. The van der Waals surface area contributed by atoms with Crippen LogP contribution in [0.3, 0.4) is 0 Å². The van der Waals surface area contributed by atoms with Gasteiger partial charge in [0.2, 0.25) is 0 Å². The number of unbranched alkanes of at least 4 members (excludes halogenated alkanes) is 1. The fraction of sp³-hybridized carbons (Fsp3) is 0.440. The van der Waals surface area contributed by atoms with Crippen LogP contribution in [0, 0.1) is 0 Å². The van der Waals surface area contributed by atoms with Gasteiger partial charge in [0.05, 0.1) is 24.5 Å². The minimum absolute atomic E-state index is 0.328. The molecule has 5 heterocycles. The lowest BCUT2D eigenvalue weighted by atomic mass is 10.1. The first-order valence-electron chi connectivity index (χ1n) is 11.9. The summed E-state index contributed by atoms with van der Waals surface area (Å²) < 4.78 is 2.13. The zero-order chi connectivity index (χ0) is 22.8. The molecule has 1 fully saturated rings. The Labute approximate surface area is 194 Å². The summed E-state index contributed by atoms with van der Waals surface area (Å²) in [6, 6.07) is 4.73. The molecule has 4 aromatic rings. The summed E-state index contributed by atoms with van der Waals surface area (Å²) in [5.41, 5.74) is 11.8. The Kier molecular flexibility index (Phi) is 6.20. The summed E-state index contributed by atoms with van der Waals surface area (Å²) >= 11 is 0. The predicted octanol–water partition coefficient (Wildman–Crippen LogP) is 3.95. The van der Waals surface area contributed by atoms with Crippen molar-refractivity contribution in [1.29, 1.82) is 0 Å². The maximum atomic E-state index is 5.90. The Morgan fingerprint density at radius 3 is 2.76 bits per heavy atom. The van der Waals surface area contributed by atoms with Gasteiger partial charge in [0.15, 0.2) is 0 Å². The number of nitrogens with two attached hydrogens (primary N) is 1. The molecule has 0 amide bonds. The molecule has 0 spiro atoms. The second-order valence-corrected chi connectivity index (χ2v) is 9.03. The standard InChI is InChI=1S/C25H32N8/c1-3-4-5-19-11-23(31-24(12-26)30-19)22-15-28-25-21(22)10-17(13-27-25)18-14-29-33(16-18)20-6-8-32(2)9-7-20/h10-11,13-16,20H,3-9,12,26H2,1-2H3,(H,27,28). The number of hydrogen-bond donors (Lipinski definition) is 2. The number of aryl methyl sites for hydroxylation is 1. The molecule has 0 unspecified atom stereocenters. The highest BCUT2D eigenvalue weighted by molar-refractivity contribution is 5.94. The minimum Gasteiger partial charge on any atom is -0.345 e. The average molecular weight is 445 g/mol. The van der Waals surface area contributed by atoms with Gasteiger partial charge in [-0.2, -0.15) is 5.10 Å². The highest BCUT2D eigenvalue weighted by atomic mass is 15.3. The lowest BCUT2D eigenvalue weighted by Crippen LogP contribution is -2.31. The van der Waals surface area contributed by atoms with E-state index < -0.39 is 0 Å². The van der Waals surface area contributed by atoms with Crippen molar-refractivity contribution >= 4 is 11.0 Å². The van der Waals surface area contributed by atoms with Gasteiger partial charge in [-0.15, -0.1) is 0 Å². The minimum atomic E-state index is 0.328. The molecule has 0 aromatic carbocycles. The number of nitrogens with one attached hydrogen (secondary N) is 1. The third-order valence-electron chi connectivity index (χ3n) is 6.60. The largest absolute Gasteiger partial charge is 0.345 e. The maximum Gasteiger partial charge on any atom is 0.142 e. The highest BCUT2D eigenvalue weighted by Crippen LogP contribution is 2.31. The molecule has 0 bridgehead atoms. The molecule has 1 aliphatic rings. The van der Waals surface area contributed by atoms with Crippen molar-refractivity contribution in [3.63, 3.8) is 0 Å². The van der Waals surface area contributed by atoms with E-state index in [1.54, 1.807) is 0 Å². The zero-order valence-electron chi connectivity index (χ0n) is 19.5. The molecule has 0 atom stereocenters. The molecule has 1 aliphatic heterocycles. The molecule has 0 aliphatic carbocycles. The van der Waals surface area contributed by atoms with Crippen LogP contribution < -0.4 is 5.73 Å². The molecule has 1 saturated heterocycles. The topological polar surface area (TPSA) is 102 Å². The number of fused-ring (bicyclic) bond motifs is 1. The average Bonchev–Trinajstić information content (AvgIpc) is 3.50. The number of piperidine rings is 1. The number of nitrogens with zero attached hydrogens (tertiary/aromatic N) is 6. The van der Waals surface area contributed by atoms with Crippen LogP contribution in [0.15, 0.2) is 36.9 Å². The zero-order valence-corrected chi connectivity index (χ0v) is 19.5. The number of H-pyrrole nitrogens is 1. The van der Waals surface area contributed by atoms with Gasteiger partial charge in [0.1, 0.15) is 11.5 Å². The van der Waals surface area contributed by atoms with E-state index in [1.165, 1.54) is 0 Å². The van der Waals surface area contributed by atoms with Crippen molar-refractivity contribution in [2.45, 2.75) is 51.6 Å². The highest BCUT2D eigenvalue weighted by Gasteiger charge is 2.19. The molecule has 5 rings (SSSR count). The number of hydrogen-bond acceptors (Lipinski definition) is 6. The van der Waals surface area contributed by atoms with Gasteiger partial charge >= 0.3 is 0 Å². The number of aromatic amines is 1. The van der Waals surface area contributed by atoms with Crippen LogP contribution in [0.5, 0.6) is 0 Å². The Morgan fingerprint density at radius 2 is 1.97 bits per heavy atom. The van der Waals surface area contributed by atoms with Crippen molar-refractivity contribution in [2.75, 3.05) is 20.1 Å². The summed E-state index contributed by atoms with van der Waals surface area (Å²) in [5.74, 6) is 0.677. The van der Waals surface area contributed by atoms with Gasteiger partial charge in [-0.3, -0.25) is 4.68 Å². The monoisotopic (exact) mass is 444 g/mol. The van der Waals surface area contributed by atoms with E-state index in [0.717, 1.165) is 84.3 Å². The van der Waals surface area contributed by atoms with E-state index >= 15 is 0 Å². The molecule has 3 N–H and O–H groups in total. The summed E-state index contributed by atoms with van der Waals surface area (Å²) in [6.07, 6.45) is 13.4. The summed E-state index contributed by atoms with van der Waals surface area (Å²) in [7, 11) is 2.18. The molecule has 0 saturated carbocycles. The Balaban J connectivity index is 1.48. The van der Waals surface area contributed by atoms with E-state index in [4.69, 9.17) is 10.7 Å². The van der Waals surface area contributed by atoms with E-state index in [-0.39, 0.29) is 0 Å². The molecule has 8 nitrogen and oxygen atoms in total. The van der Waals surface area contributed by atoms with Crippen LogP contribution in [-0.4, -0.2) is 54.8 Å². The van der Waals surface area contributed by atoms with Gasteiger partial charge < -0.3 is 15.6 Å². The van der Waals surface area contributed by atoms with E-state index in [9.17, 15) is 0 Å². The molecule has 172 valence electrons. The van der Waals surface area contributed by atoms with Gasteiger partial charge in [-0.05, 0) is 58.0 Å². The van der Waals surface area contributed by atoms with Crippen molar-refractivity contribution in [3.8, 4) is 22.4 Å². The van der Waals surface area contributed by atoms with Crippen molar-refractivity contribution < 1.29 is 0 Å². The fourth-order valence-electron chi connectivity index (χ4n) is 4.59. The Hall–Kier alpha value is -3.10. The van der Waals surface area contributed by atoms with Crippen molar-refractivity contribution in [1.82, 2.24) is 34.6 Å². The van der Waals surface area contributed by atoms with Gasteiger partial charge in [0.25, 0.3) is 0 Å². The SMILES string of the molecule is CCCCc1cc(-c2c[nH]c3ncc(-c4cnn(C5CCN(C)CC5)c4)cc23)nc(CN)n1. The van der Waals surface area contributed by atoms with Gasteiger partial charge in [0, 0.05) is 46.4 Å². The smallest absolute Gasteiger partial charge is 0.142 e. The van der Waals surface area contributed by atoms with Crippen molar-refractivity contribution in [3.05, 3.63) is 48.4 Å². The summed E-state index contributed by atoms with van der Waals surface area (Å²) in [5, 5.41) is 5.72. The van der Waals surface area contributed by atoms with E-state index in [1.807, 2.05) is 18.6 Å². The van der Waals surface area contributed by atoms with Crippen LogP contribution in [0.4, 0.5) is 0 Å². The first-order valence-corrected chi connectivity index (χ1v) is 11.9. The number of rotatable bonds is 7. The third-order valence-corrected chi connectivity index (χ3v) is 6.60. The fourth-order valence-corrected chi connectivity index (χ4v) is 4.59. The van der Waals surface area contributed by atoms with E-state index in [2.05, 4.69) is 61.9 Å². The molecule has 4 aromatic heterocycles. The third kappa shape index (κ3) is 4.54. The first kappa shape index (κ1) is 21.7. The predicted molar refractivity (Wildman–Crippen MR) is 131 cm³/mol. The lowest BCUT2D eigenvalue weighted by molar-refractivity contribution is 0.212. The second kappa shape index (κ2) is 9.41. The molecule has 8 heteroatoms. The molecule has 33 heavy (non-hydrogen) atoms.